The second kappa shape index (κ2) is 16.6. The molecule has 0 aliphatic heterocycles. The molecule has 0 aliphatic rings. The minimum atomic E-state index is -1.08. The number of nitrogens with two attached hydrogens (primary N) is 1. The number of hydrogen-bond donors (Lipinski definition) is 3. The van der Waals surface area contributed by atoms with E-state index in [1.54, 1.807) is 18.3 Å². The first-order chi connectivity index (χ1) is 21.8. The SMILES string of the molecule is COC(=O)C(CCCCN)NCc1cc(Cl)c(OCc2cccc(-c3ccccc3)c2C)cc1OCc1cncc(C(=O)O)c1. The van der Waals surface area contributed by atoms with Crippen molar-refractivity contribution in [2.75, 3.05) is 13.7 Å². The van der Waals surface area contributed by atoms with E-state index in [9.17, 15) is 14.7 Å². The van der Waals surface area contributed by atoms with Gasteiger partial charge >= 0.3 is 11.9 Å². The van der Waals surface area contributed by atoms with Crippen molar-refractivity contribution in [1.82, 2.24) is 10.3 Å². The van der Waals surface area contributed by atoms with Gasteiger partial charge in [-0.2, -0.15) is 0 Å². The summed E-state index contributed by atoms with van der Waals surface area (Å²) in [6.45, 7) is 3.19. The minimum absolute atomic E-state index is 0.0529. The van der Waals surface area contributed by atoms with E-state index in [0.717, 1.165) is 35.1 Å². The Hall–Kier alpha value is -4.44. The number of carboxylic acids is 1. The van der Waals surface area contributed by atoms with E-state index in [4.69, 9.17) is 31.5 Å². The van der Waals surface area contributed by atoms with Crippen molar-refractivity contribution in [3.63, 3.8) is 0 Å². The van der Waals surface area contributed by atoms with E-state index in [0.29, 0.717) is 40.6 Å². The normalized spacial score (nSPS) is 11.6. The molecule has 1 atom stereocenters. The molecule has 0 fully saturated rings. The molecule has 0 radical (unpaired) electrons. The van der Waals surface area contributed by atoms with Crippen LogP contribution in [0.15, 0.2) is 79.1 Å². The van der Waals surface area contributed by atoms with Crippen molar-refractivity contribution in [2.45, 2.75) is 52.0 Å². The monoisotopic (exact) mass is 631 g/mol. The number of aromatic carboxylic acids is 1. The number of esters is 1. The number of aromatic nitrogens is 1. The largest absolute Gasteiger partial charge is 0.488 e. The maximum Gasteiger partial charge on any atom is 0.337 e. The quantitative estimate of drug-likeness (QED) is 0.0958. The van der Waals surface area contributed by atoms with Crippen molar-refractivity contribution in [3.8, 4) is 22.6 Å². The molecule has 0 spiro atoms. The average molecular weight is 632 g/mol. The molecule has 3 aromatic carbocycles. The Labute approximate surface area is 268 Å². The van der Waals surface area contributed by atoms with Gasteiger partial charge in [-0.15, -0.1) is 0 Å². The van der Waals surface area contributed by atoms with Crippen LogP contribution in [0.2, 0.25) is 5.02 Å². The van der Waals surface area contributed by atoms with Crippen LogP contribution in [0.1, 0.15) is 51.9 Å². The van der Waals surface area contributed by atoms with Crippen LogP contribution in [0.25, 0.3) is 11.1 Å². The number of rotatable bonds is 16. The predicted molar refractivity (Wildman–Crippen MR) is 173 cm³/mol. The summed E-state index contributed by atoms with van der Waals surface area (Å²) in [6.07, 6.45) is 4.94. The number of methoxy groups -OCH3 is 1. The van der Waals surface area contributed by atoms with Crippen molar-refractivity contribution < 1.29 is 28.9 Å². The molecule has 10 heteroatoms. The highest BCUT2D eigenvalue weighted by atomic mass is 35.5. The Kier molecular flexibility index (Phi) is 12.3. The number of carbonyl (C=O) groups is 2. The van der Waals surface area contributed by atoms with Crippen LogP contribution in [0.5, 0.6) is 11.5 Å². The van der Waals surface area contributed by atoms with Gasteiger partial charge in [0.25, 0.3) is 0 Å². The number of hydrogen-bond acceptors (Lipinski definition) is 8. The summed E-state index contributed by atoms with van der Waals surface area (Å²) in [7, 11) is 1.36. The molecule has 1 unspecified atom stereocenters. The molecule has 0 amide bonds. The Morgan fingerprint density at radius 2 is 1.73 bits per heavy atom. The summed E-state index contributed by atoms with van der Waals surface area (Å²) in [5.41, 5.74) is 11.3. The fourth-order valence-corrected chi connectivity index (χ4v) is 5.14. The number of carboxylic acid groups (broad SMARTS) is 1. The van der Waals surface area contributed by atoms with Gasteiger partial charge < -0.3 is 30.4 Å². The molecule has 4 N–H and O–H groups in total. The maximum absolute atomic E-state index is 12.4. The first-order valence-electron chi connectivity index (χ1n) is 14.7. The number of ether oxygens (including phenoxy) is 3. The summed E-state index contributed by atoms with van der Waals surface area (Å²) in [5.74, 6) is -0.565. The van der Waals surface area contributed by atoms with Gasteiger partial charge in [-0.25, -0.2) is 4.79 Å². The van der Waals surface area contributed by atoms with Crippen molar-refractivity contribution >= 4 is 23.5 Å². The van der Waals surface area contributed by atoms with Crippen molar-refractivity contribution in [3.05, 3.63) is 112 Å². The summed E-state index contributed by atoms with van der Waals surface area (Å²) in [6, 6.07) is 20.7. The van der Waals surface area contributed by atoms with Gasteiger partial charge in [0.15, 0.2) is 0 Å². The molecule has 0 saturated heterocycles. The van der Waals surface area contributed by atoms with E-state index in [-0.39, 0.29) is 31.3 Å². The summed E-state index contributed by atoms with van der Waals surface area (Å²) in [4.78, 5) is 27.9. The number of benzene rings is 3. The van der Waals surface area contributed by atoms with E-state index in [2.05, 4.69) is 35.4 Å². The molecule has 1 aromatic heterocycles. The highest BCUT2D eigenvalue weighted by Crippen LogP contribution is 2.35. The van der Waals surface area contributed by atoms with Crippen LogP contribution in [-0.2, 0) is 29.3 Å². The lowest BCUT2D eigenvalue weighted by molar-refractivity contribution is -0.143. The highest BCUT2D eigenvalue weighted by molar-refractivity contribution is 6.32. The molecular formula is C35H38ClN3O6. The molecule has 0 aliphatic carbocycles. The van der Waals surface area contributed by atoms with Gasteiger partial charge in [0.2, 0.25) is 0 Å². The number of unbranched alkanes of at least 4 members (excludes halogenated alkanes) is 1. The minimum Gasteiger partial charge on any atom is -0.488 e. The molecule has 4 aromatic rings. The molecular weight excluding hydrogens is 594 g/mol. The zero-order valence-electron chi connectivity index (χ0n) is 25.4. The molecule has 0 saturated carbocycles. The lowest BCUT2D eigenvalue weighted by atomic mass is 9.97. The first kappa shape index (κ1) is 33.5. The second-order valence-corrected chi connectivity index (χ2v) is 11.0. The lowest BCUT2D eigenvalue weighted by Gasteiger charge is -2.20. The second-order valence-electron chi connectivity index (χ2n) is 10.6. The van der Waals surface area contributed by atoms with Crippen LogP contribution in [0.3, 0.4) is 0 Å². The van der Waals surface area contributed by atoms with Gasteiger partial charge in [0.1, 0.15) is 30.8 Å². The molecule has 236 valence electrons. The predicted octanol–water partition coefficient (Wildman–Crippen LogP) is 6.33. The zero-order chi connectivity index (χ0) is 32.2. The zero-order valence-corrected chi connectivity index (χ0v) is 26.2. The third-order valence-corrected chi connectivity index (χ3v) is 7.73. The van der Waals surface area contributed by atoms with Gasteiger partial charge in [-0.05, 0) is 60.7 Å². The molecule has 1 heterocycles. The van der Waals surface area contributed by atoms with Gasteiger partial charge in [0, 0.05) is 36.1 Å². The number of halogens is 1. The topological polar surface area (TPSA) is 133 Å². The molecule has 0 bridgehead atoms. The van der Waals surface area contributed by atoms with Crippen molar-refractivity contribution in [2.24, 2.45) is 5.73 Å². The lowest BCUT2D eigenvalue weighted by Crippen LogP contribution is -2.37. The number of nitrogens with one attached hydrogen (secondary N) is 1. The van der Waals surface area contributed by atoms with Crippen LogP contribution in [0, 0.1) is 6.92 Å². The van der Waals surface area contributed by atoms with Crippen LogP contribution >= 0.6 is 11.6 Å². The number of pyridine rings is 1. The molecule has 45 heavy (non-hydrogen) atoms. The van der Waals surface area contributed by atoms with Gasteiger partial charge in [-0.1, -0.05) is 66.6 Å². The Morgan fingerprint density at radius 3 is 2.47 bits per heavy atom. The Morgan fingerprint density at radius 1 is 0.956 bits per heavy atom. The summed E-state index contributed by atoms with van der Waals surface area (Å²) >= 11 is 6.73. The van der Waals surface area contributed by atoms with Crippen LogP contribution in [0.4, 0.5) is 0 Å². The fraction of sp³-hybridized carbons (Fsp3) is 0.286. The third kappa shape index (κ3) is 9.28. The summed E-state index contributed by atoms with van der Waals surface area (Å²) < 4.78 is 17.4. The third-order valence-electron chi connectivity index (χ3n) is 7.44. The highest BCUT2D eigenvalue weighted by Gasteiger charge is 2.20. The van der Waals surface area contributed by atoms with E-state index in [1.165, 1.54) is 19.4 Å². The van der Waals surface area contributed by atoms with Crippen LogP contribution < -0.4 is 20.5 Å². The smallest absolute Gasteiger partial charge is 0.337 e. The average Bonchev–Trinajstić information content (AvgIpc) is 3.06. The maximum atomic E-state index is 12.4. The van der Waals surface area contributed by atoms with Crippen LogP contribution in [-0.4, -0.2) is 41.7 Å². The van der Waals surface area contributed by atoms with Gasteiger partial charge in [0.05, 0.1) is 17.7 Å². The fourth-order valence-electron chi connectivity index (χ4n) is 4.90. The number of carbonyl (C=O) groups excluding carboxylic acids is 1. The van der Waals surface area contributed by atoms with Crippen molar-refractivity contribution in [1.29, 1.82) is 0 Å². The summed E-state index contributed by atoms with van der Waals surface area (Å²) in [5, 5.41) is 13.0. The Balaban J connectivity index is 1.58. The molecule has 4 rings (SSSR count). The standard InChI is InChI=1S/C35H38ClN3O6/c1-23-26(11-8-12-29(23)25-9-4-3-5-10-25)22-45-33-17-32(44-21-24-15-28(34(40)41)19-38-18-24)27(16-30(33)36)20-39-31(35(42)43-2)13-6-7-14-37/h3-5,8-12,15-19,31,39H,6-7,13-14,20-22,37H2,1-2H3,(H,40,41). The van der Waals surface area contributed by atoms with E-state index >= 15 is 0 Å². The Bertz CT molecular complexity index is 1600. The molecule has 9 nitrogen and oxygen atoms in total. The number of nitrogens with zero attached hydrogens (tertiary/aromatic N) is 1. The first-order valence-corrected chi connectivity index (χ1v) is 15.1. The van der Waals surface area contributed by atoms with Gasteiger partial charge in [-0.3, -0.25) is 9.78 Å². The van der Waals surface area contributed by atoms with E-state index in [1.807, 2.05) is 30.3 Å². The van der Waals surface area contributed by atoms with E-state index < -0.39 is 12.0 Å².